The molecule has 30 heavy (non-hydrogen) atoms. The molecule has 2 amide bonds. The molecule has 0 radical (unpaired) electrons. The number of hydrogen-bond acceptors (Lipinski definition) is 7. The standard InChI is InChI=1S/C21H19N3O5S/c1-28-21(27)15-8-10-29-17(15)13-30-18-7-3-2-6-16(18)20(26)23-12-19(25)24-14-5-4-9-22-11-14/h2-11H,12-13H2,1H3,(H,23,26)(H,24,25). The van der Waals surface area contributed by atoms with Crippen LogP contribution in [0.2, 0.25) is 0 Å². The molecule has 0 aliphatic carbocycles. The predicted molar refractivity (Wildman–Crippen MR) is 111 cm³/mol. The molecule has 1 aromatic carbocycles. The van der Waals surface area contributed by atoms with Crippen LogP contribution in [0.3, 0.4) is 0 Å². The summed E-state index contributed by atoms with van der Waals surface area (Å²) in [6, 6.07) is 11.9. The molecule has 0 aliphatic heterocycles. The predicted octanol–water partition coefficient (Wildman–Crippen LogP) is 3.12. The summed E-state index contributed by atoms with van der Waals surface area (Å²) in [7, 11) is 1.30. The second kappa shape index (κ2) is 10.3. The molecule has 3 rings (SSSR count). The summed E-state index contributed by atoms with van der Waals surface area (Å²) in [5.41, 5.74) is 1.31. The minimum atomic E-state index is -0.481. The second-order valence-electron chi connectivity index (χ2n) is 6.01. The molecule has 9 heteroatoms. The Morgan fingerprint density at radius 1 is 1.10 bits per heavy atom. The minimum absolute atomic E-state index is 0.183. The molecule has 0 atom stereocenters. The zero-order valence-corrected chi connectivity index (χ0v) is 16.9. The second-order valence-corrected chi connectivity index (χ2v) is 7.02. The van der Waals surface area contributed by atoms with E-state index in [-0.39, 0.29) is 18.4 Å². The number of thioether (sulfide) groups is 1. The van der Waals surface area contributed by atoms with Crippen molar-refractivity contribution in [3.05, 3.63) is 78.0 Å². The number of carbonyl (C=O) groups is 3. The number of aromatic nitrogens is 1. The third-order valence-electron chi connectivity index (χ3n) is 4.00. The zero-order valence-electron chi connectivity index (χ0n) is 16.1. The van der Waals surface area contributed by atoms with Crippen LogP contribution in [-0.2, 0) is 15.3 Å². The highest BCUT2D eigenvalue weighted by atomic mass is 32.2. The van der Waals surface area contributed by atoms with Crippen LogP contribution < -0.4 is 10.6 Å². The zero-order chi connectivity index (χ0) is 21.3. The number of furan rings is 1. The fraction of sp³-hybridized carbons (Fsp3) is 0.143. The van der Waals surface area contributed by atoms with Crippen LogP contribution in [0, 0.1) is 0 Å². The molecule has 2 heterocycles. The van der Waals surface area contributed by atoms with E-state index in [2.05, 4.69) is 15.6 Å². The third kappa shape index (κ3) is 5.48. The Bertz CT molecular complexity index is 1040. The third-order valence-corrected chi connectivity index (χ3v) is 5.07. The summed E-state index contributed by atoms with van der Waals surface area (Å²) in [6.07, 6.45) is 4.54. The van der Waals surface area contributed by atoms with Gasteiger partial charge in [0.15, 0.2) is 0 Å². The quantitative estimate of drug-likeness (QED) is 0.421. The van der Waals surface area contributed by atoms with E-state index in [1.807, 2.05) is 0 Å². The highest BCUT2D eigenvalue weighted by molar-refractivity contribution is 7.98. The molecule has 0 bridgehead atoms. The highest BCUT2D eigenvalue weighted by Crippen LogP contribution is 2.28. The maximum Gasteiger partial charge on any atom is 0.341 e. The van der Waals surface area contributed by atoms with Crippen molar-refractivity contribution in [2.45, 2.75) is 10.6 Å². The number of carbonyl (C=O) groups excluding carboxylic acids is 3. The van der Waals surface area contributed by atoms with E-state index < -0.39 is 5.97 Å². The fourth-order valence-corrected chi connectivity index (χ4v) is 3.57. The molecule has 0 saturated carbocycles. The van der Waals surface area contributed by atoms with Crippen LogP contribution in [-0.4, -0.2) is 36.4 Å². The van der Waals surface area contributed by atoms with Crippen molar-refractivity contribution in [2.24, 2.45) is 0 Å². The fourth-order valence-electron chi connectivity index (χ4n) is 2.57. The van der Waals surface area contributed by atoms with E-state index in [0.717, 1.165) is 0 Å². The number of ether oxygens (including phenoxy) is 1. The summed E-state index contributed by atoms with van der Waals surface area (Å²) in [5, 5.41) is 5.26. The molecule has 2 N–H and O–H groups in total. The van der Waals surface area contributed by atoms with E-state index in [0.29, 0.717) is 33.2 Å². The molecule has 0 unspecified atom stereocenters. The molecule has 8 nitrogen and oxygen atoms in total. The van der Waals surface area contributed by atoms with Crippen LogP contribution >= 0.6 is 11.8 Å². The van der Waals surface area contributed by atoms with Gasteiger partial charge in [0, 0.05) is 11.1 Å². The Kier molecular flexibility index (Phi) is 7.23. The molecule has 0 saturated heterocycles. The maximum atomic E-state index is 12.6. The topological polar surface area (TPSA) is 111 Å². The number of esters is 1. The first-order valence-electron chi connectivity index (χ1n) is 8.93. The van der Waals surface area contributed by atoms with Crippen molar-refractivity contribution in [1.29, 1.82) is 0 Å². The summed E-state index contributed by atoms with van der Waals surface area (Å²) >= 11 is 1.34. The maximum absolute atomic E-state index is 12.6. The molecule has 0 spiro atoms. The van der Waals surface area contributed by atoms with Crippen molar-refractivity contribution in [3.8, 4) is 0 Å². The summed E-state index contributed by atoms with van der Waals surface area (Å²) in [5.74, 6) is -0.432. The van der Waals surface area contributed by atoms with E-state index in [4.69, 9.17) is 9.15 Å². The number of methoxy groups -OCH3 is 1. The number of pyridine rings is 1. The van der Waals surface area contributed by atoms with E-state index >= 15 is 0 Å². The summed E-state index contributed by atoms with van der Waals surface area (Å²) in [4.78, 5) is 41.0. The summed E-state index contributed by atoms with van der Waals surface area (Å²) < 4.78 is 10.1. The molecular weight excluding hydrogens is 406 g/mol. The molecule has 3 aromatic rings. The number of nitrogens with one attached hydrogen (secondary N) is 2. The van der Waals surface area contributed by atoms with Gasteiger partial charge in [-0.3, -0.25) is 14.6 Å². The Hall–Kier alpha value is -3.59. The van der Waals surface area contributed by atoms with Crippen molar-refractivity contribution in [1.82, 2.24) is 10.3 Å². The summed E-state index contributed by atoms with van der Waals surface area (Å²) in [6.45, 7) is -0.183. The first-order chi connectivity index (χ1) is 14.6. The lowest BCUT2D eigenvalue weighted by atomic mass is 10.2. The van der Waals surface area contributed by atoms with Crippen LogP contribution in [0.15, 0.2) is 70.4 Å². The van der Waals surface area contributed by atoms with Crippen LogP contribution in [0.5, 0.6) is 0 Å². The van der Waals surface area contributed by atoms with Gasteiger partial charge in [0.1, 0.15) is 11.3 Å². The van der Waals surface area contributed by atoms with Crippen LogP contribution in [0.25, 0.3) is 0 Å². The van der Waals surface area contributed by atoms with Gasteiger partial charge in [-0.2, -0.15) is 0 Å². The number of nitrogens with zero attached hydrogens (tertiary/aromatic N) is 1. The normalized spacial score (nSPS) is 10.3. The van der Waals surface area contributed by atoms with E-state index in [1.165, 1.54) is 31.3 Å². The molecule has 0 aliphatic rings. The van der Waals surface area contributed by atoms with Crippen molar-refractivity contribution >= 4 is 35.2 Å². The van der Waals surface area contributed by atoms with Crippen LogP contribution in [0.4, 0.5) is 5.69 Å². The number of benzene rings is 1. The molecule has 2 aromatic heterocycles. The van der Waals surface area contributed by atoms with Gasteiger partial charge in [-0.05, 0) is 30.3 Å². The SMILES string of the molecule is COC(=O)c1ccoc1CSc1ccccc1C(=O)NCC(=O)Nc1cccnc1. The Balaban J connectivity index is 1.60. The van der Waals surface area contributed by atoms with Gasteiger partial charge in [-0.1, -0.05) is 12.1 Å². The number of anilines is 1. The first-order valence-corrected chi connectivity index (χ1v) is 9.91. The van der Waals surface area contributed by atoms with Crippen LogP contribution in [0.1, 0.15) is 26.5 Å². The van der Waals surface area contributed by atoms with Gasteiger partial charge < -0.3 is 19.8 Å². The van der Waals surface area contributed by atoms with Gasteiger partial charge in [-0.25, -0.2) is 4.79 Å². The van der Waals surface area contributed by atoms with Gasteiger partial charge >= 0.3 is 5.97 Å². The molecule has 154 valence electrons. The lowest BCUT2D eigenvalue weighted by molar-refractivity contribution is -0.115. The molecular formula is C21H19N3O5S. The van der Waals surface area contributed by atoms with E-state index in [9.17, 15) is 14.4 Å². The van der Waals surface area contributed by atoms with Gasteiger partial charge in [0.05, 0.1) is 43.1 Å². The van der Waals surface area contributed by atoms with Crippen molar-refractivity contribution in [2.75, 3.05) is 19.0 Å². The van der Waals surface area contributed by atoms with E-state index in [1.54, 1.807) is 48.7 Å². The minimum Gasteiger partial charge on any atom is -0.468 e. The van der Waals surface area contributed by atoms with Gasteiger partial charge in [0.25, 0.3) is 5.91 Å². The number of hydrogen-bond donors (Lipinski definition) is 2. The monoisotopic (exact) mass is 425 g/mol. The average Bonchev–Trinajstić information content (AvgIpc) is 3.25. The van der Waals surface area contributed by atoms with Gasteiger partial charge in [-0.15, -0.1) is 11.8 Å². The lowest BCUT2D eigenvalue weighted by Crippen LogP contribution is -2.33. The Morgan fingerprint density at radius 2 is 1.93 bits per heavy atom. The smallest absolute Gasteiger partial charge is 0.341 e. The first kappa shape index (κ1) is 21.1. The van der Waals surface area contributed by atoms with Crippen molar-refractivity contribution < 1.29 is 23.5 Å². The highest BCUT2D eigenvalue weighted by Gasteiger charge is 2.17. The number of rotatable bonds is 8. The average molecular weight is 425 g/mol. The largest absolute Gasteiger partial charge is 0.468 e. The number of amides is 2. The Labute approximate surface area is 177 Å². The van der Waals surface area contributed by atoms with Gasteiger partial charge in [0.2, 0.25) is 5.91 Å². The lowest BCUT2D eigenvalue weighted by Gasteiger charge is -2.10. The van der Waals surface area contributed by atoms with Crippen molar-refractivity contribution in [3.63, 3.8) is 0 Å². The molecule has 0 fully saturated rings. The Morgan fingerprint density at radius 3 is 2.70 bits per heavy atom.